The third-order valence-corrected chi connectivity index (χ3v) is 4.46. The molecule has 0 aliphatic carbocycles. The van der Waals surface area contributed by atoms with Gasteiger partial charge < -0.3 is 0 Å². The van der Waals surface area contributed by atoms with Crippen LogP contribution in [-0.2, 0) is 4.21 Å². The van der Waals surface area contributed by atoms with Crippen molar-refractivity contribution in [3.63, 3.8) is 0 Å². The maximum Gasteiger partial charge on any atom is 0.444 e. The van der Waals surface area contributed by atoms with Crippen LogP contribution in [-0.4, -0.2) is 15.1 Å². The van der Waals surface area contributed by atoms with Gasteiger partial charge in [0.2, 0.25) is 4.21 Å². The number of aromatic amines is 1. The zero-order valence-corrected chi connectivity index (χ0v) is 13.7. The van der Waals surface area contributed by atoms with Crippen molar-refractivity contribution in [1.82, 2.24) is 9.55 Å². The second kappa shape index (κ2) is 6.55. The van der Waals surface area contributed by atoms with Crippen LogP contribution < -0.4 is 11.2 Å². The highest BCUT2D eigenvalue weighted by atomic mass is 35.5. The average Bonchev–Trinajstić information content (AvgIpc) is 2.45. The zero-order chi connectivity index (χ0) is 18.1. The normalized spacial score (nSPS) is 14.0. The fraction of sp³-hybridized carbons (Fsp3) is 0.154. The summed E-state index contributed by atoms with van der Waals surface area (Å²) in [5.41, 5.74) is -6.20. The number of rotatable bonds is 3. The Morgan fingerprint density at radius 3 is 2.42 bits per heavy atom. The van der Waals surface area contributed by atoms with E-state index < -0.39 is 32.7 Å². The summed E-state index contributed by atoms with van der Waals surface area (Å²) in [6.07, 6.45) is 1.18. The van der Waals surface area contributed by atoms with Gasteiger partial charge in [-0.25, -0.2) is 4.79 Å². The summed E-state index contributed by atoms with van der Waals surface area (Å²) in [6, 6.07) is 6.01. The van der Waals surface area contributed by atoms with Crippen LogP contribution in [0, 0.1) is 11.3 Å². The van der Waals surface area contributed by atoms with Crippen molar-refractivity contribution < 1.29 is 13.2 Å². The van der Waals surface area contributed by atoms with Gasteiger partial charge in [-0.3, -0.25) is 14.3 Å². The highest BCUT2D eigenvalue weighted by Gasteiger charge is 2.45. The molecule has 0 saturated carbocycles. The van der Waals surface area contributed by atoms with Crippen LogP contribution in [0.25, 0.3) is 5.69 Å². The van der Waals surface area contributed by atoms with Crippen molar-refractivity contribution in [3.05, 3.63) is 61.9 Å². The molecule has 0 saturated heterocycles. The molecule has 0 aliphatic heterocycles. The molecule has 5 nitrogen and oxygen atoms in total. The Hall–Kier alpha value is -1.89. The van der Waals surface area contributed by atoms with E-state index in [9.17, 15) is 22.8 Å². The molecule has 1 atom stereocenters. The lowest BCUT2D eigenvalue weighted by atomic mass is 10.1. The van der Waals surface area contributed by atoms with Crippen LogP contribution in [0.3, 0.4) is 0 Å². The standard InChI is InChI=1S/C13H6Cl2F3N3O2S/c14-9-5-7(21-4-3-10(22)20-11(21)23)1-2-8(9)12(15,6-19)24-13(16,17)18/h1-5H,(H,20,22,23). The van der Waals surface area contributed by atoms with E-state index in [2.05, 4.69) is 0 Å². The van der Waals surface area contributed by atoms with Gasteiger partial charge in [-0.05, 0) is 23.9 Å². The largest absolute Gasteiger partial charge is 0.444 e. The van der Waals surface area contributed by atoms with Gasteiger partial charge in [0.1, 0.15) is 6.07 Å². The summed E-state index contributed by atoms with van der Waals surface area (Å²) in [4.78, 5) is 24.8. The van der Waals surface area contributed by atoms with E-state index in [0.29, 0.717) is 0 Å². The molecular weight excluding hydrogens is 390 g/mol. The molecule has 2 rings (SSSR count). The van der Waals surface area contributed by atoms with E-state index in [1.165, 1.54) is 24.4 Å². The molecule has 0 fully saturated rings. The van der Waals surface area contributed by atoms with Gasteiger partial charge in [0.15, 0.2) is 0 Å². The molecule has 24 heavy (non-hydrogen) atoms. The molecule has 0 aliphatic rings. The number of nitriles is 1. The lowest BCUT2D eigenvalue weighted by Crippen LogP contribution is -2.27. The van der Waals surface area contributed by atoms with Gasteiger partial charge in [0.25, 0.3) is 5.56 Å². The smallest absolute Gasteiger partial charge is 0.274 e. The molecule has 2 aromatic rings. The van der Waals surface area contributed by atoms with E-state index in [0.717, 1.165) is 16.7 Å². The Bertz CT molecular complexity index is 936. The summed E-state index contributed by atoms with van der Waals surface area (Å²) in [7, 11) is 0. The van der Waals surface area contributed by atoms with Gasteiger partial charge in [-0.1, -0.05) is 29.3 Å². The van der Waals surface area contributed by atoms with Gasteiger partial charge >= 0.3 is 11.2 Å². The quantitative estimate of drug-likeness (QED) is 0.808. The fourth-order valence-electron chi connectivity index (χ4n) is 1.83. The average molecular weight is 396 g/mol. The molecule has 1 unspecified atom stereocenters. The highest BCUT2D eigenvalue weighted by molar-refractivity contribution is 8.02. The Kier molecular flexibility index (Phi) is 5.03. The molecule has 11 heteroatoms. The summed E-state index contributed by atoms with van der Waals surface area (Å²) < 4.78 is 36.3. The first-order chi connectivity index (χ1) is 11.1. The van der Waals surface area contributed by atoms with E-state index in [1.54, 1.807) is 0 Å². The molecule has 0 spiro atoms. The number of hydrogen-bond donors (Lipinski definition) is 1. The Morgan fingerprint density at radius 1 is 1.25 bits per heavy atom. The van der Waals surface area contributed by atoms with Crippen LogP contribution >= 0.6 is 35.0 Å². The number of hydrogen-bond acceptors (Lipinski definition) is 4. The molecule has 1 aromatic heterocycles. The maximum absolute atomic E-state index is 12.6. The lowest BCUT2D eigenvalue weighted by molar-refractivity contribution is -0.0334. The zero-order valence-electron chi connectivity index (χ0n) is 11.4. The Morgan fingerprint density at radius 2 is 1.92 bits per heavy atom. The Balaban J connectivity index is 2.52. The van der Waals surface area contributed by atoms with Gasteiger partial charge in [0, 0.05) is 22.8 Å². The molecule has 1 N–H and O–H groups in total. The van der Waals surface area contributed by atoms with Crippen molar-refractivity contribution in [2.75, 3.05) is 0 Å². The first-order valence-corrected chi connectivity index (χ1v) is 7.62. The van der Waals surface area contributed by atoms with Crippen molar-refractivity contribution in [1.29, 1.82) is 5.26 Å². The van der Waals surface area contributed by atoms with Crippen molar-refractivity contribution in [2.45, 2.75) is 9.71 Å². The van der Waals surface area contributed by atoms with Crippen LogP contribution in [0.4, 0.5) is 13.2 Å². The molecular formula is C13H6Cl2F3N3O2S. The monoisotopic (exact) mass is 395 g/mol. The third-order valence-electron chi connectivity index (χ3n) is 2.80. The minimum absolute atomic E-state index is 0.180. The van der Waals surface area contributed by atoms with E-state index in [1.807, 2.05) is 4.98 Å². The lowest BCUT2D eigenvalue weighted by Gasteiger charge is -2.21. The molecule has 1 heterocycles. The number of thioether (sulfide) groups is 1. The second-order valence-corrected chi connectivity index (χ2v) is 6.88. The summed E-state index contributed by atoms with van der Waals surface area (Å²) in [6.45, 7) is 0. The summed E-state index contributed by atoms with van der Waals surface area (Å²) in [5.74, 6) is 0. The summed E-state index contributed by atoms with van der Waals surface area (Å²) in [5, 5.41) is 8.79. The first kappa shape index (κ1) is 18.4. The number of benzene rings is 1. The second-order valence-electron chi connectivity index (χ2n) is 4.40. The number of aromatic nitrogens is 2. The van der Waals surface area contributed by atoms with Crippen LogP contribution in [0.2, 0.25) is 5.02 Å². The fourth-order valence-corrected chi connectivity index (χ4v) is 3.33. The van der Waals surface area contributed by atoms with E-state index in [-0.39, 0.29) is 16.3 Å². The maximum atomic E-state index is 12.6. The molecule has 0 radical (unpaired) electrons. The number of nitrogens with zero attached hydrogens (tertiary/aromatic N) is 2. The van der Waals surface area contributed by atoms with Gasteiger partial charge in [-0.15, -0.1) is 0 Å². The topological polar surface area (TPSA) is 78.7 Å². The highest BCUT2D eigenvalue weighted by Crippen LogP contribution is 2.51. The number of nitrogens with one attached hydrogen (secondary N) is 1. The number of alkyl halides is 4. The van der Waals surface area contributed by atoms with Gasteiger partial charge in [0.05, 0.1) is 5.69 Å². The molecule has 126 valence electrons. The van der Waals surface area contributed by atoms with E-state index >= 15 is 0 Å². The van der Waals surface area contributed by atoms with Crippen molar-refractivity contribution in [2.24, 2.45) is 0 Å². The molecule has 1 aromatic carbocycles. The Labute approximate surface area is 146 Å². The van der Waals surface area contributed by atoms with E-state index in [4.69, 9.17) is 28.5 Å². The predicted molar refractivity (Wildman–Crippen MR) is 84.5 cm³/mol. The minimum Gasteiger partial charge on any atom is -0.274 e. The first-order valence-electron chi connectivity index (χ1n) is 6.05. The van der Waals surface area contributed by atoms with Crippen LogP contribution in [0.5, 0.6) is 0 Å². The third kappa shape index (κ3) is 3.95. The number of H-pyrrole nitrogens is 1. The van der Waals surface area contributed by atoms with Crippen molar-refractivity contribution >= 4 is 35.0 Å². The summed E-state index contributed by atoms with van der Waals surface area (Å²) >= 11 is 11.0. The van der Waals surface area contributed by atoms with Crippen LogP contribution in [0.1, 0.15) is 5.56 Å². The molecule has 0 bridgehead atoms. The van der Waals surface area contributed by atoms with Crippen molar-refractivity contribution in [3.8, 4) is 11.8 Å². The molecule has 0 amide bonds. The number of halogens is 5. The van der Waals surface area contributed by atoms with Gasteiger partial charge in [-0.2, -0.15) is 18.4 Å². The predicted octanol–water partition coefficient (Wildman–Crippen LogP) is 3.35. The van der Waals surface area contributed by atoms with Crippen LogP contribution in [0.15, 0.2) is 40.1 Å². The SMILES string of the molecule is N#CC(Cl)(SC(F)(F)F)c1ccc(-n2ccc(=O)[nH]c2=O)cc1Cl. The minimum atomic E-state index is -4.75.